The highest BCUT2D eigenvalue weighted by molar-refractivity contribution is 7.09. The Bertz CT molecular complexity index is 743. The Labute approximate surface area is 145 Å². The standard InChI is InChI=1S/C18H21N3O2S/c1-3-21(11-15-5-4-8-24-15)18(23)19-12(2)13-6-7-16-14(9-13)10-17(22)20-16/h4-9,12H,3,10-11H2,1-2H3,(H,19,23)(H,20,22)/t12-/m1/s1. The first-order valence-electron chi connectivity index (χ1n) is 8.07. The Morgan fingerprint density at radius 1 is 1.42 bits per heavy atom. The summed E-state index contributed by atoms with van der Waals surface area (Å²) < 4.78 is 0. The first-order chi connectivity index (χ1) is 11.6. The van der Waals surface area contributed by atoms with Gasteiger partial charge in [0.2, 0.25) is 5.91 Å². The molecule has 0 saturated heterocycles. The maximum absolute atomic E-state index is 12.5. The Morgan fingerprint density at radius 3 is 2.96 bits per heavy atom. The third-order valence-electron chi connectivity index (χ3n) is 4.19. The van der Waals surface area contributed by atoms with E-state index in [9.17, 15) is 9.59 Å². The molecule has 0 spiro atoms. The van der Waals surface area contributed by atoms with Crippen molar-refractivity contribution in [1.29, 1.82) is 0 Å². The largest absolute Gasteiger partial charge is 0.331 e. The third-order valence-corrected chi connectivity index (χ3v) is 5.05. The van der Waals surface area contributed by atoms with E-state index in [1.54, 1.807) is 16.2 Å². The minimum atomic E-state index is -0.115. The molecule has 3 rings (SSSR count). The molecule has 3 amide bonds. The number of nitrogens with zero attached hydrogens (tertiary/aromatic N) is 1. The minimum Gasteiger partial charge on any atom is -0.331 e. The lowest BCUT2D eigenvalue weighted by Gasteiger charge is -2.24. The Balaban J connectivity index is 1.65. The Hall–Kier alpha value is -2.34. The van der Waals surface area contributed by atoms with Crippen LogP contribution in [0.25, 0.3) is 0 Å². The van der Waals surface area contributed by atoms with Crippen molar-refractivity contribution in [3.63, 3.8) is 0 Å². The van der Waals surface area contributed by atoms with Gasteiger partial charge in [-0.3, -0.25) is 4.79 Å². The molecule has 1 aliphatic rings. The van der Waals surface area contributed by atoms with Gasteiger partial charge in [-0.25, -0.2) is 4.79 Å². The Morgan fingerprint density at radius 2 is 2.25 bits per heavy atom. The molecule has 1 aromatic carbocycles. The van der Waals surface area contributed by atoms with Crippen molar-refractivity contribution in [2.24, 2.45) is 0 Å². The number of benzene rings is 1. The van der Waals surface area contributed by atoms with Crippen molar-refractivity contribution in [3.05, 3.63) is 51.7 Å². The van der Waals surface area contributed by atoms with E-state index in [0.717, 1.165) is 16.8 Å². The molecule has 0 radical (unpaired) electrons. The van der Waals surface area contributed by atoms with E-state index in [1.807, 2.05) is 49.6 Å². The second kappa shape index (κ2) is 7.05. The molecule has 0 saturated carbocycles. The van der Waals surface area contributed by atoms with E-state index < -0.39 is 0 Å². The number of hydrogen-bond donors (Lipinski definition) is 2. The molecule has 0 fully saturated rings. The van der Waals surface area contributed by atoms with Crippen molar-refractivity contribution < 1.29 is 9.59 Å². The van der Waals surface area contributed by atoms with Crippen LogP contribution in [-0.4, -0.2) is 23.4 Å². The average Bonchev–Trinajstić information content (AvgIpc) is 3.19. The van der Waals surface area contributed by atoms with Crippen LogP contribution in [-0.2, 0) is 17.8 Å². The molecule has 5 nitrogen and oxygen atoms in total. The quantitative estimate of drug-likeness (QED) is 0.872. The van der Waals surface area contributed by atoms with Gasteiger partial charge in [-0.1, -0.05) is 18.2 Å². The number of anilines is 1. The van der Waals surface area contributed by atoms with Crippen LogP contribution >= 0.6 is 11.3 Å². The normalized spacial score (nSPS) is 14.0. The van der Waals surface area contributed by atoms with Crippen LogP contribution in [0.2, 0.25) is 0 Å². The summed E-state index contributed by atoms with van der Waals surface area (Å²) in [7, 11) is 0. The van der Waals surface area contributed by atoms with Gasteiger partial charge in [0.25, 0.3) is 0 Å². The van der Waals surface area contributed by atoms with Gasteiger partial charge in [0.1, 0.15) is 0 Å². The molecular formula is C18H21N3O2S. The van der Waals surface area contributed by atoms with Crippen molar-refractivity contribution in [2.75, 3.05) is 11.9 Å². The zero-order chi connectivity index (χ0) is 17.1. The highest BCUT2D eigenvalue weighted by Crippen LogP contribution is 2.26. The summed E-state index contributed by atoms with van der Waals surface area (Å²) in [4.78, 5) is 26.9. The summed E-state index contributed by atoms with van der Waals surface area (Å²) in [6.07, 6.45) is 0.406. The second-order valence-electron chi connectivity index (χ2n) is 5.91. The molecule has 1 atom stereocenters. The van der Waals surface area contributed by atoms with Gasteiger partial charge in [0.15, 0.2) is 0 Å². The number of nitrogens with one attached hydrogen (secondary N) is 2. The molecule has 2 heterocycles. The summed E-state index contributed by atoms with van der Waals surface area (Å²) in [5.74, 6) is 0.0203. The first-order valence-corrected chi connectivity index (χ1v) is 8.95. The van der Waals surface area contributed by atoms with Crippen molar-refractivity contribution in [1.82, 2.24) is 10.2 Å². The summed E-state index contributed by atoms with van der Waals surface area (Å²) in [5, 5.41) is 7.89. The molecule has 0 unspecified atom stereocenters. The highest BCUT2D eigenvalue weighted by Gasteiger charge is 2.20. The van der Waals surface area contributed by atoms with E-state index in [2.05, 4.69) is 10.6 Å². The number of carbonyl (C=O) groups is 2. The predicted octanol–water partition coefficient (Wildman–Crippen LogP) is 3.54. The van der Waals surface area contributed by atoms with Gasteiger partial charge in [0.05, 0.1) is 19.0 Å². The number of hydrogen-bond acceptors (Lipinski definition) is 3. The predicted molar refractivity (Wildman–Crippen MR) is 96.1 cm³/mol. The molecule has 0 bridgehead atoms. The van der Waals surface area contributed by atoms with Crippen LogP contribution in [0.4, 0.5) is 10.5 Å². The van der Waals surface area contributed by atoms with Gasteiger partial charge in [-0.05, 0) is 42.5 Å². The topological polar surface area (TPSA) is 61.4 Å². The van der Waals surface area contributed by atoms with E-state index in [1.165, 1.54) is 4.88 Å². The molecule has 24 heavy (non-hydrogen) atoms. The molecule has 1 aromatic heterocycles. The van der Waals surface area contributed by atoms with Gasteiger partial charge in [0, 0.05) is 17.1 Å². The molecule has 1 aliphatic heterocycles. The van der Waals surface area contributed by atoms with Crippen LogP contribution in [0.15, 0.2) is 35.7 Å². The summed E-state index contributed by atoms with van der Waals surface area (Å²) in [6.45, 7) is 5.21. The van der Waals surface area contributed by atoms with Gasteiger partial charge in [-0.2, -0.15) is 0 Å². The summed E-state index contributed by atoms with van der Waals surface area (Å²) in [6, 6.07) is 9.69. The SMILES string of the molecule is CCN(Cc1cccs1)C(=O)N[C@H](C)c1ccc2c(c1)CC(=O)N2. The van der Waals surface area contributed by atoms with E-state index in [0.29, 0.717) is 19.5 Å². The average molecular weight is 343 g/mol. The highest BCUT2D eigenvalue weighted by atomic mass is 32.1. The van der Waals surface area contributed by atoms with E-state index >= 15 is 0 Å². The molecule has 2 N–H and O–H groups in total. The number of amides is 3. The summed E-state index contributed by atoms with van der Waals surface area (Å²) in [5.41, 5.74) is 2.87. The zero-order valence-electron chi connectivity index (χ0n) is 13.8. The molecule has 126 valence electrons. The second-order valence-corrected chi connectivity index (χ2v) is 6.94. The number of fused-ring (bicyclic) bond motifs is 1. The molecule has 2 aromatic rings. The van der Waals surface area contributed by atoms with Crippen molar-refractivity contribution in [2.45, 2.75) is 32.9 Å². The fraction of sp³-hybridized carbons (Fsp3) is 0.333. The molecular weight excluding hydrogens is 322 g/mol. The van der Waals surface area contributed by atoms with Crippen LogP contribution in [0.3, 0.4) is 0 Å². The first kappa shape index (κ1) is 16.5. The fourth-order valence-electron chi connectivity index (χ4n) is 2.80. The lowest BCUT2D eigenvalue weighted by molar-refractivity contribution is -0.115. The maximum Gasteiger partial charge on any atom is 0.318 e. The lowest BCUT2D eigenvalue weighted by Crippen LogP contribution is -2.40. The van der Waals surface area contributed by atoms with Crippen LogP contribution in [0, 0.1) is 0 Å². The minimum absolute atomic E-state index is 0.0203. The Kier molecular flexibility index (Phi) is 4.85. The number of urea groups is 1. The van der Waals surface area contributed by atoms with E-state index in [4.69, 9.17) is 0 Å². The maximum atomic E-state index is 12.5. The van der Waals surface area contributed by atoms with Crippen LogP contribution in [0.1, 0.15) is 35.9 Å². The van der Waals surface area contributed by atoms with Crippen LogP contribution < -0.4 is 10.6 Å². The van der Waals surface area contributed by atoms with Gasteiger partial charge >= 0.3 is 6.03 Å². The van der Waals surface area contributed by atoms with Crippen molar-refractivity contribution in [3.8, 4) is 0 Å². The smallest absolute Gasteiger partial charge is 0.318 e. The van der Waals surface area contributed by atoms with E-state index in [-0.39, 0.29) is 18.0 Å². The number of thiophene rings is 1. The number of carbonyl (C=O) groups excluding carboxylic acids is 2. The van der Waals surface area contributed by atoms with Gasteiger partial charge < -0.3 is 15.5 Å². The molecule has 0 aliphatic carbocycles. The number of rotatable bonds is 5. The fourth-order valence-corrected chi connectivity index (χ4v) is 3.52. The van der Waals surface area contributed by atoms with Crippen molar-refractivity contribution >= 4 is 29.0 Å². The third kappa shape index (κ3) is 3.59. The summed E-state index contributed by atoms with van der Waals surface area (Å²) >= 11 is 1.65. The van der Waals surface area contributed by atoms with Crippen LogP contribution in [0.5, 0.6) is 0 Å². The monoisotopic (exact) mass is 343 g/mol. The molecule has 6 heteroatoms. The van der Waals surface area contributed by atoms with Gasteiger partial charge in [-0.15, -0.1) is 11.3 Å². The zero-order valence-corrected chi connectivity index (χ0v) is 14.7. The lowest BCUT2D eigenvalue weighted by atomic mass is 10.0.